The number of halogens is 2. The molecule has 2 rings (SSSR count). The monoisotopic (exact) mass is 353 g/mol. The molecule has 20 heavy (non-hydrogen) atoms. The highest BCUT2D eigenvalue weighted by Gasteiger charge is 2.06. The fourth-order valence-corrected chi connectivity index (χ4v) is 2.58. The lowest BCUT2D eigenvalue weighted by Crippen LogP contribution is -2.21. The van der Waals surface area contributed by atoms with Crippen LogP contribution in [0, 0.1) is 0 Å². The first-order chi connectivity index (χ1) is 9.58. The first-order valence-electron chi connectivity index (χ1n) is 6.56. The van der Waals surface area contributed by atoms with Crippen molar-refractivity contribution < 1.29 is 4.74 Å². The van der Waals surface area contributed by atoms with Crippen LogP contribution >= 0.6 is 27.5 Å². The van der Waals surface area contributed by atoms with Crippen LogP contribution in [0.15, 0.2) is 46.9 Å². The summed E-state index contributed by atoms with van der Waals surface area (Å²) in [4.78, 5) is 0. The smallest absolute Gasteiger partial charge is 0.146 e. The largest absolute Gasteiger partial charge is 0.456 e. The summed E-state index contributed by atoms with van der Waals surface area (Å²) in [5.41, 5.74) is 7.15. The van der Waals surface area contributed by atoms with Crippen LogP contribution in [0.5, 0.6) is 11.5 Å². The van der Waals surface area contributed by atoms with Gasteiger partial charge in [0.25, 0.3) is 0 Å². The van der Waals surface area contributed by atoms with Crippen molar-refractivity contribution in [2.24, 2.45) is 5.73 Å². The van der Waals surface area contributed by atoms with Crippen LogP contribution in [-0.2, 0) is 6.42 Å². The normalized spacial score (nSPS) is 12.2. The van der Waals surface area contributed by atoms with Gasteiger partial charge in [-0.2, -0.15) is 0 Å². The summed E-state index contributed by atoms with van der Waals surface area (Å²) in [7, 11) is 0. The molecule has 2 aromatic rings. The molecule has 0 heterocycles. The maximum atomic E-state index is 6.15. The van der Waals surface area contributed by atoms with Gasteiger partial charge in [-0.25, -0.2) is 0 Å². The minimum atomic E-state index is 0.182. The van der Waals surface area contributed by atoms with Crippen molar-refractivity contribution in [2.75, 3.05) is 0 Å². The highest BCUT2D eigenvalue weighted by atomic mass is 79.9. The second-order valence-electron chi connectivity index (χ2n) is 4.70. The molecule has 4 heteroatoms. The molecule has 0 spiro atoms. The molecular formula is C16H17BrClNO. The number of benzene rings is 2. The molecule has 106 valence electrons. The van der Waals surface area contributed by atoms with Crippen molar-refractivity contribution in [3.05, 3.63) is 57.5 Å². The third kappa shape index (κ3) is 4.23. The number of hydrogen-bond donors (Lipinski definition) is 1. The number of ether oxygens (including phenoxy) is 1. The standard InChI is InChI=1S/C16H17BrClNO/c1-2-13(19)8-11-4-3-5-14(9-11)20-16-7-6-12(17)10-15(16)18/h3-7,9-10,13H,2,8,19H2,1H3. The van der Waals surface area contributed by atoms with E-state index in [9.17, 15) is 0 Å². The minimum Gasteiger partial charge on any atom is -0.456 e. The van der Waals surface area contributed by atoms with Crippen LogP contribution < -0.4 is 10.5 Å². The Balaban J connectivity index is 2.15. The second-order valence-corrected chi connectivity index (χ2v) is 6.02. The van der Waals surface area contributed by atoms with E-state index in [-0.39, 0.29) is 6.04 Å². The van der Waals surface area contributed by atoms with E-state index in [0.717, 1.165) is 23.1 Å². The topological polar surface area (TPSA) is 35.2 Å². The molecule has 0 amide bonds. The molecule has 2 N–H and O–H groups in total. The maximum absolute atomic E-state index is 6.15. The van der Waals surface area contributed by atoms with Gasteiger partial charge in [0.2, 0.25) is 0 Å². The Morgan fingerprint density at radius 2 is 2.05 bits per heavy atom. The van der Waals surface area contributed by atoms with Gasteiger partial charge >= 0.3 is 0 Å². The molecule has 0 saturated heterocycles. The Morgan fingerprint density at radius 1 is 1.25 bits per heavy atom. The van der Waals surface area contributed by atoms with E-state index in [1.807, 2.05) is 36.4 Å². The van der Waals surface area contributed by atoms with Gasteiger partial charge in [-0.1, -0.05) is 46.6 Å². The van der Waals surface area contributed by atoms with E-state index in [4.69, 9.17) is 22.1 Å². The Labute approximate surface area is 133 Å². The van der Waals surface area contributed by atoms with Crippen LogP contribution in [0.3, 0.4) is 0 Å². The first kappa shape index (κ1) is 15.4. The van der Waals surface area contributed by atoms with E-state index >= 15 is 0 Å². The predicted octanol–water partition coefficient (Wildman–Crippen LogP) is 5.17. The number of nitrogens with two attached hydrogens (primary N) is 1. The summed E-state index contributed by atoms with van der Waals surface area (Å²) in [6.07, 6.45) is 1.81. The van der Waals surface area contributed by atoms with Gasteiger partial charge in [-0.05, 0) is 48.7 Å². The highest BCUT2D eigenvalue weighted by Crippen LogP contribution is 2.32. The Morgan fingerprint density at radius 3 is 2.75 bits per heavy atom. The van der Waals surface area contributed by atoms with Crippen molar-refractivity contribution in [2.45, 2.75) is 25.8 Å². The third-order valence-corrected chi connectivity index (χ3v) is 3.83. The zero-order valence-electron chi connectivity index (χ0n) is 11.3. The fraction of sp³-hybridized carbons (Fsp3) is 0.250. The van der Waals surface area contributed by atoms with Crippen LogP contribution in [-0.4, -0.2) is 6.04 Å². The van der Waals surface area contributed by atoms with E-state index < -0.39 is 0 Å². The van der Waals surface area contributed by atoms with Crippen molar-refractivity contribution in [3.63, 3.8) is 0 Å². The molecule has 1 unspecified atom stereocenters. The lowest BCUT2D eigenvalue weighted by Gasteiger charge is -2.11. The van der Waals surface area contributed by atoms with Gasteiger partial charge in [0.05, 0.1) is 5.02 Å². The van der Waals surface area contributed by atoms with Gasteiger partial charge in [0.1, 0.15) is 11.5 Å². The fourth-order valence-electron chi connectivity index (χ4n) is 1.87. The number of rotatable bonds is 5. The average molecular weight is 355 g/mol. The Hall–Kier alpha value is -1.03. The second kappa shape index (κ2) is 7.11. The number of hydrogen-bond acceptors (Lipinski definition) is 2. The molecule has 2 aromatic carbocycles. The van der Waals surface area contributed by atoms with Crippen molar-refractivity contribution in [1.82, 2.24) is 0 Å². The molecule has 0 aromatic heterocycles. The molecule has 0 radical (unpaired) electrons. The summed E-state index contributed by atoms with van der Waals surface area (Å²) in [6, 6.07) is 13.7. The first-order valence-corrected chi connectivity index (χ1v) is 7.73. The Kier molecular flexibility index (Phi) is 5.46. The van der Waals surface area contributed by atoms with Gasteiger partial charge in [-0.3, -0.25) is 0 Å². The SMILES string of the molecule is CCC(N)Cc1cccc(Oc2ccc(Br)cc2Cl)c1. The van der Waals surface area contributed by atoms with Crippen molar-refractivity contribution >= 4 is 27.5 Å². The summed E-state index contributed by atoms with van der Waals surface area (Å²) in [6.45, 7) is 2.09. The molecule has 0 bridgehead atoms. The summed E-state index contributed by atoms with van der Waals surface area (Å²) in [5, 5.41) is 0.579. The zero-order valence-corrected chi connectivity index (χ0v) is 13.6. The van der Waals surface area contributed by atoms with Crippen LogP contribution in [0.1, 0.15) is 18.9 Å². The Bertz CT molecular complexity index is 588. The van der Waals surface area contributed by atoms with E-state index in [1.54, 1.807) is 0 Å². The lowest BCUT2D eigenvalue weighted by atomic mass is 10.0. The van der Waals surface area contributed by atoms with Crippen LogP contribution in [0.2, 0.25) is 5.02 Å². The molecule has 1 atom stereocenters. The molecule has 0 aliphatic heterocycles. The molecular weight excluding hydrogens is 338 g/mol. The van der Waals surface area contributed by atoms with E-state index in [0.29, 0.717) is 10.8 Å². The maximum Gasteiger partial charge on any atom is 0.146 e. The summed E-state index contributed by atoms with van der Waals surface area (Å²) < 4.78 is 6.75. The van der Waals surface area contributed by atoms with Gasteiger partial charge < -0.3 is 10.5 Å². The van der Waals surface area contributed by atoms with E-state index in [2.05, 4.69) is 28.9 Å². The van der Waals surface area contributed by atoms with Crippen molar-refractivity contribution in [3.8, 4) is 11.5 Å². The minimum absolute atomic E-state index is 0.182. The lowest BCUT2D eigenvalue weighted by molar-refractivity contribution is 0.481. The molecule has 0 fully saturated rings. The van der Waals surface area contributed by atoms with Crippen LogP contribution in [0.4, 0.5) is 0 Å². The summed E-state index contributed by atoms with van der Waals surface area (Å²) >= 11 is 9.53. The molecule has 0 aliphatic rings. The van der Waals surface area contributed by atoms with E-state index in [1.165, 1.54) is 5.56 Å². The highest BCUT2D eigenvalue weighted by molar-refractivity contribution is 9.10. The molecule has 0 saturated carbocycles. The third-order valence-electron chi connectivity index (χ3n) is 3.04. The zero-order chi connectivity index (χ0) is 14.5. The summed E-state index contributed by atoms with van der Waals surface area (Å²) in [5.74, 6) is 1.42. The van der Waals surface area contributed by atoms with Gasteiger partial charge in [0.15, 0.2) is 0 Å². The molecule has 2 nitrogen and oxygen atoms in total. The van der Waals surface area contributed by atoms with Crippen molar-refractivity contribution in [1.29, 1.82) is 0 Å². The molecule has 0 aliphatic carbocycles. The average Bonchev–Trinajstić information content (AvgIpc) is 2.42. The van der Waals surface area contributed by atoms with Crippen LogP contribution in [0.25, 0.3) is 0 Å². The van der Waals surface area contributed by atoms with Gasteiger partial charge in [0, 0.05) is 10.5 Å². The predicted molar refractivity (Wildman–Crippen MR) is 87.6 cm³/mol. The van der Waals surface area contributed by atoms with Gasteiger partial charge in [-0.15, -0.1) is 0 Å². The quantitative estimate of drug-likeness (QED) is 0.803.